The highest BCUT2D eigenvalue weighted by Crippen LogP contribution is 2.48. The van der Waals surface area contributed by atoms with Crippen LogP contribution in [0, 0.1) is 15.5 Å². The van der Waals surface area contributed by atoms with E-state index in [1.807, 2.05) is 6.07 Å². The topological polar surface area (TPSA) is 55.2 Å². The summed E-state index contributed by atoms with van der Waals surface area (Å²) >= 11 is 0. The van der Waals surface area contributed by atoms with Gasteiger partial charge in [0.1, 0.15) is 0 Å². The van der Waals surface area contributed by atoms with E-state index in [1.165, 1.54) is 18.9 Å². The molecule has 0 radical (unpaired) electrons. The molecule has 4 nitrogen and oxygen atoms in total. The first-order valence-electron chi connectivity index (χ1n) is 5.52. The van der Waals surface area contributed by atoms with Gasteiger partial charge in [0.2, 0.25) is 0 Å². The highest BCUT2D eigenvalue weighted by molar-refractivity contribution is 5.51. The van der Waals surface area contributed by atoms with Crippen LogP contribution >= 0.6 is 0 Å². The summed E-state index contributed by atoms with van der Waals surface area (Å²) in [7, 11) is 0. The number of nitrogens with one attached hydrogen (secondary N) is 1. The average Bonchev–Trinajstić information content (AvgIpc) is 2.98. The predicted octanol–water partition coefficient (Wildman–Crippen LogP) is 3.20. The quantitative estimate of drug-likeness (QED) is 0.626. The minimum Gasteiger partial charge on any atom is -0.382 e. The lowest BCUT2D eigenvalue weighted by Gasteiger charge is -2.21. The Morgan fingerprint density at radius 1 is 1.50 bits per heavy atom. The number of nitro benzene ring substituents is 1. The minimum atomic E-state index is -0.366. The summed E-state index contributed by atoms with van der Waals surface area (Å²) in [5.41, 5.74) is 1.33. The second-order valence-corrected chi connectivity index (χ2v) is 4.83. The van der Waals surface area contributed by atoms with Crippen molar-refractivity contribution < 1.29 is 4.92 Å². The van der Waals surface area contributed by atoms with Gasteiger partial charge in [0.15, 0.2) is 0 Å². The molecule has 1 saturated carbocycles. The Balaban J connectivity index is 2.09. The molecule has 0 saturated heterocycles. The summed E-state index contributed by atoms with van der Waals surface area (Å²) in [6.45, 7) is 4.37. The molecular weight excluding hydrogens is 204 g/mol. The number of hydrogen-bond donors (Lipinski definition) is 1. The molecule has 2 rings (SSSR count). The van der Waals surface area contributed by atoms with Crippen molar-refractivity contribution in [2.75, 3.05) is 5.32 Å². The van der Waals surface area contributed by atoms with E-state index in [-0.39, 0.29) is 10.6 Å². The lowest BCUT2D eigenvalue weighted by molar-refractivity contribution is -0.384. The molecule has 0 aliphatic heterocycles. The molecule has 1 fully saturated rings. The van der Waals surface area contributed by atoms with E-state index in [1.54, 1.807) is 12.1 Å². The number of nitro groups is 1. The van der Waals surface area contributed by atoms with Crippen LogP contribution in [-0.4, -0.2) is 11.0 Å². The molecule has 1 aromatic rings. The van der Waals surface area contributed by atoms with Crippen LogP contribution in [0.2, 0.25) is 0 Å². The van der Waals surface area contributed by atoms with Gasteiger partial charge in [-0.15, -0.1) is 0 Å². The van der Waals surface area contributed by atoms with Crippen LogP contribution in [0.15, 0.2) is 24.3 Å². The molecular formula is C12H16N2O2. The first-order valence-corrected chi connectivity index (χ1v) is 5.52. The highest BCUT2D eigenvalue weighted by Gasteiger charge is 2.42. The van der Waals surface area contributed by atoms with Crippen molar-refractivity contribution in [1.29, 1.82) is 0 Å². The molecule has 0 heterocycles. The van der Waals surface area contributed by atoms with Crippen molar-refractivity contribution in [3.05, 3.63) is 34.4 Å². The molecule has 1 aromatic carbocycles. The third-order valence-corrected chi connectivity index (χ3v) is 3.52. The zero-order valence-corrected chi connectivity index (χ0v) is 9.56. The van der Waals surface area contributed by atoms with Crippen LogP contribution in [-0.2, 0) is 0 Å². The minimum absolute atomic E-state index is 0.137. The first-order chi connectivity index (χ1) is 7.51. The number of rotatable bonds is 4. The van der Waals surface area contributed by atoms with Gasteiger partial charge in [-0.05, 0) is 31.2 Å². The molecule has 1 atom stereocenters. The third-order valence-electron chi connectivity index (χ3n) is 3.52. The zero-order valence-electron chi connectivity index (χ0n) is 9.56. The molecule has 1 aliphatic carbocycles. The molecule has 86 valence electrons. The Bertz CT molecular complexity index is 413. The van der Waals surface area contributed by atoms with Crippen molar-refractivity contribution in [2.24, 2.45) is 5.41 Å². The summed E-state index contributed by atoms with van der Waals surface area (Å²) in [6.07, 6.45) is 2.46. The Kier molecular flexibility index (Phi) is 2.58. The number of non-ortho nitro benzene ring substituents is 1. The number of benzene rings is 1. The standard InChI is InChI=1S/C12H16N2O2/c1-9(12(2)6-7-12)13-10-4-3-5-11(8-10)14(15)16/h3-5,8-9,13H,6-7H2,1-2H3. The lowest BCUT2D eigenvalue weighted by Crippen LogP contribution is -2.24. The van der Waals surface area contributed by atoms with Gasteiger partial charge in [0, 0.05) is 23.9 Å². The zero-order chi connectivity index (χ0) is 11.8. The fourth-order valence-corrected chi connectivity index (χ4v) is 1.76. The van der Waals surface area contributed by atoms with E-state index in [2.05, 4.69) is 19.2 Å². The number of nitrogens with zero attached hydrogens (tertiary/aromatic N) is 1. The second-order valence-electron chi connectivity index (χ2n) is 4.83. The Labute approximate surface area is 94.8 Å². The maximum Gasteiger partial charge on any atom is 0.271 e. The Hall–Kier alpha value is -1.58. The van der Waals surface area contributed by atoms with Crippen molar-refractivity contribution in [2.45, 2.75) is 32.7 Å². The van der Waals surface area contributed by atoms with Gasteiger partial charge in [-0.3, -0.25) is 10.1 Å². The van der Waals surface area contributed by atoms with Crippen molar-refractivity contribution in [3.8, 4) is 0 Å². The normalized spacial score (nSPS) is 18.9. The Morgan fingerprint density at radius 3 is 2.75 bits per heavy atom. The predicted molar refractivity (Wildman–Crippen MR) is 63.5 cm³/mol. The van der Waals surface area contributed by atoms with Crippen molar-refractivity contribution >= 4 is 11.4 Å². The first kappa shape index (κ1) is 10.9. The molecule has 1 N–H and O–H groups in total. The molecule has 4 heteroatoms. The Morgan fingerprint density at radius 2 is 2.19 bits per heavy atom. The van der Waals surface area contributed by atoms with Gasteiger partial charge in [-0.2, -0.15) is 0 Å². The molecule has 1 unspecified atom stereocenters. The van der Waals surface area contributed by atoms with Crippen molar-refractivity contribution in [3.63, 3.8) is 0 Å². The van der Waals surface area contributed by atoms with E-state index in [0.29, 0.717) is 11.5 Å². The molecule has 0 bridgehead atoms. The lowest BCUT2D eigenvalue weighted by atomic mass is 10.0. The van der Waals surface area contributed by atoms with E-state index in [0.717, 1.165) is 5.69 Å². The fourth-order valence-electron chi connectivity index (χ4n) is 1.76. The summed E-state index contributed by atoms with van der Waals surface area (Å²) in [6, 6.07) is 7.03. The van der Waals surface area contributed by atoms with Crippen LogP contribution in [0.1, 0.15) is 26.7 Å². The molecule has 0 spiro atoms. The van der Waals surface area contributed by atoms with E-state index in [9.17, 15) is 10.1 Å². The maximum absolute atomic E-state index is 10.6. The van der Waals surface area contributed by atoms with Gasteiger partial charge < -0.3 is 5.32 Å². The fraction of sp³-hybridized carbons (Fsp3) is 0.500. The van der Waals surface area contributed by atoms with Gasteiger partial charge in [0.05, 0.1) is 4.92 Å². The van der Waals surface area contributed by atoms with Gasteiger partial charge in [0.25, 0.3) is 5.69 Å². The maximum atomic E-state index is 10.6. The third kappa shape index (κ3) is 2.15. The van der Waals surface area contributed by atoms with Gasteiger partial charge in [-0.1, -0.05) is 13.0 Å². The van der Waals surface area contributed by atoms with E-state index in [4.69, 9.17) is 0 Å². The highest BCUT2D eigenvalue weighted by atomic mass is 16.6. The smallest absolute Gasteiger partial charge is 0.271 e. The average molecular weight is 220 g/mol. The van der Waals surface area contributed by atoms with Crippen LogP contribution in [0.4, 0.5) is 11.4 Å². The summed E-state index contributed by atoms with van der Waals surface area (Å²) in [5.74, 6) is 0. The van der Waals surface area contributed by atoms with Gasteiger partial charge >= 0.3 is 0 Å². The molecule has 0 amide bonds. The summed E-state index contributed by atoms with van der Waals surface area (Å²) in [5, 5.41) is 14.0. The SMILES string of the molecule is CC(Nc1cccc([N+](=O)[O-])c1)C1(C)CC1. The monoisotopic (exact) mass is 220 g/mol. The van der Waals surface area contributed by atoms with E-state index < -0.39 is 0 Å². The molecule has 16 heavy (non-hydrogen) atoms. The van der Waals surface area contributed by atoms with Crippen LogP contribution in [0.3, 0.4) is 0 Å². The van der Waals surface area contributed by atoms with Crippen molar-refractivity contribution in [1.82, 2.24) is 0 Å². The second kappa shape index (κ2) is 3.77. The van der Waals surface area contributed by atoms with Crippen LogP contribution in [0.5, 0.6) is 0 Å². The van der Waals surface area contributed by atoms with Crippen LogP contribution < -0.4 is 5.32 Å². The largest absolute Gasteiger partial charge is 0.382 e. The summed E-state index contributed by atoms with van der Waals surface area (Å²) < 4.78 is 0. The van der Waals surface area contributed by atoms with Crippen LogP contribution in [0.25, 0.3) is 0 Å². The number of hydrogen-bond acceptors (Lipinski definition) is 3. The van der Waals surface area contributed by atoms with Gasteiger partial charge in [-0.25, -0.2) is 0 Å². The molecule has 1 aliphatic rings. The summed E-state index contributed by atoms with van der Waals surface area (Å²) in [4.78, 5) is 10.3. The number of anilines is 1. The van der Waals surface area contributed by atoms with E-state index >= 15 is 0 Å². The molecule has 0 aromatic heterocycles.